The van der Waals surface area contributed by atoms with E-state index >= 15 is 0 Å². The van der Waals surface area contributed by atoms with Gasteiger partial charge in [-0.2, -0.15) is 13.2 Å². The first kappa shape index (κ1) is 16.0. The zero-order valence-corrected chi connectivity index (χ0v) is 12.1. The van der Waals surface area contributed by atoms with E-state index in [1.807, 2.05) is 0 Å². The van der Waals surface area contributed by atoms with Gasteiger partial charge in [-0.3, -0.25) is 0 Å². The van der Waals surface area contributed by atoms with Crippen LogP contribution in [0.15, 0.2) is 0 Å². The van der Waals surface area contributed by atoms with Crippen molar-refractivity contribution in [2.45, 2.75) is 56.8 Å². The van der Waals surface area contributed by atoms with Gasteiger partial charge in [-0.15, -0.1) is 0 Å². The van der Waals surface area contributed by atoms with Crippen LogP contribution in [0.3, 0.4) is 0 Å². The predicted octanol–water partition coefficient (Wildman–Crippen LogP) is 2.25. The fourth-order valence-electron chi connectivity index (χ4n) is 3.29. The number of hydrogen-bond donors (Lipinski definition) is 1. The molecule has 0 radical (unpaired) electrons. The van der Waals surface area contributed by atoms with E-state index in [1.165, 1.54) is 12.8 Å². The summed E-state index contributed by atoms with van der Waals surface area (Å²) in [5, 5.41) is 9.60. The van der Waals surface area contributed by atoms with Crippen molar-refractivity contribution in [3.63, 3.8) is 0 Å². The zero-order chi connectivity index (χ0) is 14.8. The normalized spacial score (nSPS) is 30.1. The number of rotatable bonds is 3. The van der Waals surface area contributed by atoms with E-state index in [0.717, 1.165) is 39.3 Å². The molecule has 118 valence electrons. The monoisotopic (exact) mass is 294 g/mol. The topological polar surface area (TPSA) is 26.7 Å². The van der Waals surface area contributed by atoms with Crippen LogP contribution in [0.1, 0.15) is 39.0 Å². The SMILES string of the molecule is CC(O)(CN1CCCC(N2CCCC2)CC1)C(F)(F)F. The van der Waals surface area contributed by atoms with Crippen molar-refractivity contribution < 1.29 is 18.3 Å². The van der Waals surface area contributed by atoms with E-state index in [1.54, 1.807) is 4.90 Å². The molecular weight excluding hydrogens is 269 g/mol. The summed E-state index contributed by atoms with van der Waals surface area (Å²) < 4.78 is 38.2. The maximum absolute atomic E-state index is 12.7. The van der Waals surface area contributed by atoms with E-state index in [9.17, 15) is 18.3 Å². The molecule has 0 saturated carbocycles. The highest BCUT2D eigenvalue weighted by molar-refractivity contribution is 4.87. The fraction of sp³-hybridized carbons (Fsp3) is 1.00. The third kappa shape index (κ3) is 3.86. The van der Waals surface area contributed by atoms with Gasteiger partial charge in [-0.1, -0.05) is 0 Å². The van der Waals surface area contributed by atoms with Gasteiger partial charge in [0, 0.05) is 12.6 Å². The fourth-order valence-corrected chi connectivity index (χ4v) is 3.29. The summed E-state index contributed by atoms with van der Waals surface area (Å²) in [5.74, 6) is 0. The van der Waals surface area contributed by atoms with Gasteiger partial charge in [0.25, 0.3) is 0 Å². The van der Waals surface area contributed by atoms with Gasteiger partial charge < -0.3 is 14.9 Å². The number of hydrogen-bond acceptors (Lipinski definition) is 3. The average molecular weight is 294 g/mol. The smallest absolute Gasteiger partial charge is 0.380 e. The summed E-state index contributed by atoms with van der Waals surface area (Å²) in [4.78, 5) is 4.25. The number of likely N-dealkylation sites (tertiary alicyclic amines) is 2. The van der Waals surface area contributed by atoms with Crippen molar-refractivity contribution >= 4 is 0 Å². The van der Waals surface area contributed by atoms with E-state index < -0.39 is 11.8 Å². The lowest BCUT2D eigenvalue weighted by Gasteiger charge is -2.32. The number of halogens is 3. The zero-order valence-electron chi connectivity index (χ0n) is 12.1. The van der Waals surface area contributed by atoms with Crippen LogP contribution in [0, 0.1) is 0 Å². The van der Waals surface area contributed by atoms with Crippen LogP contribution in [-0.2, 0) is 0 Å². The minimum Gasteiger partial charge on any atom is -0.380 e. The average Bonchev–Trinajstić information content (AvgIpc) is 2.76. The van der Waals surface area contributed by atoms with Crippen molar-refractivity contribution in [2.75, 3.05) is 32.7 Å². The third-order valence-electron chi connectivity index (χ3n) is 4.59. The van der Waals surface area contributed by atoms with Crippen molar-refractivity contribution in [3.8, 4) is 0 Å². The molecule has 2 atom stereocenters. The molecule has 0 aromatic carbocycles. The Hall–Kier alpha value is -0.330. The van der Waals surface area contributed by atoms with Gasteiger partial charge in [0.2, 0.25) is 0 Å². The highest BCUT2D eigenvalue weighted by atomic mass is 19.4. The molecule has 6 heteroatoms. The Labute approximate surface area is 118 Å². The Morgan fingerprint density at radius 1 is 1.00 bits per heavy atom. The van der Waals surface area contributed by atoms with Crippen molar-refractivity contribution in [3.05, 3.63) is 0 Å². The lowest BCUT2D eigenvalue weighted by Crippen LogP contribution is -2.51. The molecule has 3 nitrogen and oxygen atoms in total. The second-order valence-electron chi connectivity index (χ2n) is 6.38. The summed E-state index contributed by atoms with van der Waals surface area (Å²) in [5.41, 5.74) is -2.61. The van der Waals surface area contributed by atoms with Crippen LogP contribution >= 0.6 is 0 Å². The molecule has 2 unspecified atom stereocenters. The minimum atomic E-state index is -4.56. The van der Waals surface area contributed by atoms with Gasteiger partial charge in [0.15, 0.2) is 5.60 Å². The second-order valence-corrected chi connectivity index (χ2v) is 6.38. The van der Waals surface area contributed by atoms with Crippen LogP contribution in [0.5, 0.6) is 0 Å². The maximum atomic E-state index is 12.7. The number of nitrogens with zero attached hydrogens (tertiary/aromatic N) is 2. The van der Waals surface area contributed by atoms with E-state index in [0.29, 0.717) is 19.1 Å². The van der Waals surface area contributed by atoms with Gasteiger partial charge in [0.1, 0.15) is 0 Å². The molecule has 2 saturated heterocycles. The highest BCUT2D eigenvalue weighted by Gasteiger charge is 2.50. The Kier molecular flexibility index (Phi) is 4.97. The number of alkyl halides is 3. The molecule has 0 spiro atoms. The van der Waals surface area contributed by atoms with Gasteiger partial charge in [-0.05, 0) is 65.2 Å². The first-order chi connectivity index (χ1) is 9.29. The molecule has 20 heavy (non-hydrogen) atoms. The van der Waals surface area contributed by atoms with Crippen LogP contribution < -0.4 is 0 Å². The van der Waals surface area contributed by atoms with E-state index in [-0.39, 0.29) is 6.54 Å². The molecule has 1 N–H and O–H groups in total. The Balaban J connectivity index is 1.86. The summed E-state index contributed by atoms with van der Waals surface area (Å²) in [6.45, 7) is 4.11. The maximum Gasteiger partial charge on any atom is 0.418 e. The predicted molar refractivity (Wildman–Crippen MR) is 71.6 cm³/mol. The lowest BCUT2D eigenvalue weighted by molar-refractivity contribution is -0.257. The molecule has 2 heterocycles. The lowest BCUT2D eigenvalue weighted by atomic mass is 10.1. The van der Waals surface area contributed by atoms with Crippen molar-refractivity contribution in [2.24, 2.45) is 0 Å². The molecule has 0 bridgehead atoms. The Morgan fingerprint density at radius 2 is 1.65 bits per heavy atom. The van der Waals surface area contributed by atoms with Gasteiger partial charge >= 0.3 is 6.18 Å². The number of β-amino-alcohol motifs (C(OH)–C–C–N with tert-alkyl or cyclic N) is 1. The summed E-state index contributed by atoms with van der Waals surface area (Å²) in [6.07, 6.45) is 0.799. The summed E-state index contributed by atoms with van der Waals surface area (Å²) in [7, 11) is 0. The Bertz CT molecular complexity index is 314. The molecule has 0 aromatic heterocycles. The minimum absolute atomic E-state index is 0.316. The van der Waals surface area contributed by atoms with Crippen LogP contribution in [0.25, 0.3) is 0 Å². The van der Waals surface area contributed by atoms with Gasteiger partial charge in [0.05, 0.1) is 0 Å². The Morgan fingerprint density at radius 3 is 2.25 bits per heavy atom. The van der Waals surface area contributed by atoms with Crippen LogP contribution in [0.4, 0.5) is 13.2 Å². The second kappa shape index (κ2) is 6.20. The molecule has 2 rings (SSSR count). The molecular formula is C14H25F3N2O. The van der Waals surface area contributed by atoms with Crippen LogP contribution in [-0.4, -0.2) is 65.4 Å². The highest BCUT2D eigenvalue weighted by Crippen LogP contribution is 2.31. The summed E-state index contributed by atoms with van der Waals surface area (Å²) >= 11 is 0. The molecule has 0 aromatic rings. The summed E-state index contributed by atoms with van der Waals surface area (Å²) in [6, 6.07) is 0.512. The molecule has 2 aliphatic rings. The van der Waals surface area contributed by atoms with Crippen LogP contribution in [0.2, 0.25) is 0 Å². The first-order valence-electron chi connectivity index (χ1n) is 7.55. The molecule has 0 amide bonds. The first-order valence-corrected chi connectivity index (χ1v) is 7.55. The molecule has 0 aliphatic carbocycles. The third-order valence-corrected chi connectivity index (χ3v) is 4.59. The largest absolute Gasteiger partial charge is 0.418 e. The molecule has 2 aliphatic heterocycles. The quantitative estimate of drug-likeness (QED) is 0.865. The van der Waals surface area contributed by atoms with Crippen molar-refractivity contribution in [1.82, 2.24) is 9.80 Å². The van der Waals surface area contributed by atoms with E-state index in [4.69, 9.17) is 0 Å². The van der Waals surface area contributed by atoms with E-state index in [2.05, 4.69) is 4.90 Å². The number of aliphatic hydroxyl groups is 1. The molecule has 2 fully saturated rings. The standard InChI is InChI=1S/C14H25F3N2O/c1-13(20,14(15,16)17)11-18-7-4-5-12(6-10-18)19-8-2-3-9-19/h12,20H,2-11H2,1H3. The van der Waals surface area contributed by atoms with Crippen molar-refractivity contribution in [1.29, 1.82) is 0 Å². The van der Waals surface area contributed by atoms with Gasteiger partial charge in [-0.25, -0.2) is 0 Å².